The Kier molecular flexibility index (Phi) is 8.18. The standard InChI is InChI=1S/C21H22FN3O6/c1-2-17(27)23-14-9-6-10-25(21(14)31)19(13-7-4-3-5-8-13)20(30)24-15(11-18(28)29)16(26)12-22/h3-10,15,19H,2,11-12H2,1H3,(H,23,27)(H,24,30)(H,28,29). The molecule has 2 amide bonds. The fourth-order valence-electron chi connectivity index (χ4n) is 2.88. The number of nitrogens with zero attached hydrogens (tertiary/aromatic N) is 1. The number of nitrogens with one attached hydrogen (secondary N) is 2. The number of ketones is 1. The summed E-state index contributed by atoms with van der Waals surface area (Å²) in [7, 11) is 0. The van der Waals surface area contributed by atoms with Gasteiger partial charge in [-0.1, -0.05) is 37.3 Å². The molecule has 9 nitrogen and oxygen atoms in total. The maximum Gasteiger partial charge on any atom is 0.305 e. The van der Waals surface area contributed by atoms with Crippen LogP contribution in [-0.4, -0.2) is 46.0 Å². The van der Waals surface area contributed by atoms with Gasteiger partial charge in [-0.05, 0) is 17.7 Å². The Labute approximate surface area is 176 Å². The topological polar surface area (TPSA) is 135 Å². The molecule has 0 aliphatic heterocycles. The third kappa shape index (κ3) is 6.08. The number of Topliss-reactive ketones (excluding diaryl/α,β-unsaturated/α-hetero) is 1. The summed E-state index contributed by atoms with van der Waals surface area (Å²) < 4.78 is 13.9. The molecule has 2 unspecified atom stereocenters. The highest BCUT2D eigenvalue weighted by Gasteiger charge is 2.30. The molecule has 31 heavy (non-hydrogen) atoms. The van der Waals surface area contributed by atoms with E-state index in [4.69, 9.17) is 5.11 Å². The van der Waals surface area contributed by atoms with Crippen molar-refractivity contribution in [1.29, 1.82) is 0 Å². The molecule has 2 aromatic rings. The van der Waals surface area contributed by atoms with Crippen LogP contribution in [-0.2, 0) is 19.2 Å². The van der Waals surface area contributed by atoms with Gasteiger partial charge in [-0.2, -0.15) is 0 Å². The Bertz CT molecular complexity index is 1020. The van der Waals surface area contributed by atoms with Crippen molar-refractivity contribution < 1.29 is 28.7 Å². The molecule has 0 fully saturated rings. The van der Waals surface area contributed by atoms with Crippen LogP contribution in [0.3, 0.4) is 0 Å². The Morgan fingerprint density at radius 1 is 1.10 bits per heavy atom. The minimum absolute atomic E-state index is 0.0509. The minimum atomic E-state index is -1.60. The normalized spacial score (nSPS) is 12.5. The van der Waals surface area contributed by atoms with E-state index >= 15 is 0 Å². The van der Waals surface area contributed by atoms with E-state index in [1.807, 2.05) is 0 Å². The second kappa shape index (κ2) is 10.8. The quantitative estimate of drug-likeness (QED) is 0.519. The van der Waals surface area contributed by atoms with Gasteiger partial charge in [-0.3, -0.25) is 28.5 Å². The second-order valence-corrected chi connectivity index (χ2v) is 6.61. The number of aliphatic carboxylic acids is 1. The van der Waals surface area contributed by atoms with Crippen LogP contribution in [0, 0.1) is 0 Å². The molecule has 0 saturated heterocycles. The zero-order valence-electron chi connectivity index (χ0n) is 16.7. The maximum atomic E-state index is 13.1. The van der Waals surface area contributed by atoms with Crippen LogP contribution >= 0.6 is 0 Å². The molecule has 164 valence electrons. The van der Waals surface area contributed by atoms with Gasteiger partial charge < -0.3 is 15.7 Å². The molecule has 0 saturated carbocycles. The minimum Gasteiger partial charge on any atom is -0.481 e. The summed E-state index contributed by atoms with van der Waals surface area (Å²) in [6.45, 7) is 0.161. The molecule has 1 aromatic heterocycles. The van der Waals surface area contributed by atoms with Crippen LogP contribution in [0.4, 0.5) is 10.1 Å². The molecule has 1 heterocycles. The van der Waals surface area contributed by atoms with Crippen molar-refractivity contribution in [2.75, 3.05) is 12.0 Å². The van der Waals surface area contributed by atoms with E-state index < -0.39 is 54.3 Å². The zero-order chi connectivity index (χ0) is 23.0. The number of benzene rings is 1. The van der Waals surface area contributed by atoms with Crippen molar-refractivity contribution in [3.63, 3.8) is 0 Å². The molecule has 10 heteroatoms. The molecule has 2 atom stereocenters. The van der Waals surface area contributed by atoms with Crippen LogP contribution in [0.1, 0.15) is 31.4 Å². The zero-order valence-corrected chi connectivity index (χ0v) is 16.7. The van der Waals surface area contributed by atoms with E-state index in [0.29, 0.717) is 5.56 Å². The molecule has 0 aliphatic rings. The van der Waals surface area contributed by atoms with Gasteiger partial charge in [0.1, 0.15) is 24.4 Å². The van der Waals surface area contributed by atoms with Gasteiger partial charge >= 0.3 is 5.97 Å². The Morgan fingerprint density at radius 2 is 1.77 bits per heavy atom. The number of aromatic nitrogens is 1. The van der Waals surface area contributed by atoms with Crippen LogP contribution in [0.15, 0.2) is 53.5 Å². The first-order valence-electron chi connectivity index (χ1n) is 9.45. The summed E-state index contributed by atoms with van der Waals surface area (Å²) in [4.78, 5) is 60.5. The van der Waals surface area contributed by atoms with Crippen LogP contribution in [0.5, 0.6) is 0 Å². The van der Waals surface area contributed by atoms with E-state index in [0.717, 1.165) is 4.57 Å². The molecule has 0 bridgehead atoms. The summed E-state index contributed by atoms with van der Waals surface area (Å²) in [5.41, 5.74) is -0.368. The van der Waals surface area contributed by atoms with Crippen LogP contribution in [0.25, 0.3) is 0 Å². The highest BCUT2D eigenvalue weighted by molar-refractivity contribution is 5.94. The smallest absolute Gasteiger partial charge is 0.305 e. The van der Waals surface area contributed by atoms with E-state index in [-0.39, 0.29) is 12.1 Å². The van der Waals surface area contributed by atoms with Crippen molar-refractivity contribution in [1.82, 2.24) is 9.88 Å². The van der Waals surface area contributed by atoms with Crippen LogP contribution in [0.2, 0.25) is 0 Å². The van der Waals surface area contributed by atoms with Gasteiger partial charge in [0.15, 0.2) is 5.78 Å². The molecular weight excluding hydrogens is 409 g/mol. The summed E-state index contributed by atoms with van der Waals surface area (Å²) in [6, 6.07) is 8.03. The summed E-state index contributed by atoms with van der Waals surface area (Å²) in [5, 5.41) is 13.7. The number of carbonyl (C=O) groups excluding carboxylic acids is 3. The van der Waals surface area contributed by atoms with Crippen molar-refractivity contribution in [2.24, 2.45) is 0 Å². The van der Waals surface area contributed by atoms with Crippen molar-refractivity contribution >= 4 is 29.3 Å². The number of hydrogen-bond acceptors (Lipinski definition) is 5. The monoisotopic (exact) mass is 431 g/mol. The van der Waals surface area contributed by atoms with Gasteiger partial charge in [0.05, 0.1) is 6.42 Å². The Morgan fingerprint density at radius 3 is 2.35 bits per heavy atom. The SMILES string of the molecule is CCC(=O)Nc1cccn(C(C(=O)NC(CC(=O)O)C(=O)CF)c2ccccc2)c1=O. The molecule has 0 spiro atoms. The van der Waals surface area contributed by atoms with Gasteiger partial charge in [0.2, 0.25) is 11.8 Å². The average molecular weight is 431 g/mol. The maximum absolute atomic E-state index is 13.1. The lowest BCUT2D eigenvalue weighted by atomic mass is 10.0. The summed E-state index contributed by atoms with van der Waals surface area (Å²) >= 11 is 0. The van der Waals surface area contributed by atoms with Crippen molar-refractivity contribution in [2.45, 2.75) is 31.8 Å². The molecule has 2 rings (SSSR count). The molecule has 1 aromatic carbocycles. The first-order valence-corrected chi connectivity index (χ1v) is 9.45. The number of anilines is 1. The van der Waals surface area contributed by atoms with Gasteiger partial charge in [0, 0.05) is 12.6 Å². The fourth-order valence-corrected chi connectivity index (χ4v) is 2.88. The van der Waals surface area contributed by atoms with E-state index in [1.54, 1.807) is 37.3 Å². The lowest BCUT2D eigenvalue weighted by Crippen LogP contribution is -2.47. The Balaban J connectivity index is 2.50. The second-order valence-electron chi connectivity index (χ2n) is 6.61. The predicted octanol–water partition coefficient (Wildman–Crippen LogP) is 1.28. The van der Waals surface area contributed by atoms with E-state index in [9.17, 15) is 28.4 Å². The number of amides is 2. The van der Waals surface area contributed by atoms with Crippen LogP contribution < -0.4 is 16.2 Å². The fraction of sp³-hybridized carbons (Fsp3) is 0.286. The number of pyridine rings is 1. The average Bonchev–Trinajstić information content (AvgIpc) is 2.75. The molecule has 3 N–H and O–H groups in total. The van der Waals surface area contributed by atoms with Gasteiger partial charge in [0.25, 0.3) is 5.56 Å². The van der Waals surface area contributed by atoms with E-state index in [2.05, 4.69) is 10.6 Å². The first kappa shape index (κ1) is 23.5. The first-order chi connectivity index (χ1) is 14.8. The predicted molar refractivity (Wildman–Crippen MR) is 109 cm³/mol. The molecular formula is C21H22FN3O6. The number of carboxylic acids is 1. The van der Waals surface area contributed by atoms with E-state index in [1.165, 1.54) is 18.3 Å². The number of hydrogen-bond donors (Lipinski definition) is 3. The summed E-state index contributed by atoms with van der Waals surface area (Å²) in [5.74, 6) is -3.77. The van der Waals surface area contributed by atoms with Crippen molar-refractivity contribution in [3.8, 4) is 0 Å². The summed E-state index contributed by atoms with van der Waals surface area (Å²) in [6.07, 6.45) is 0.654. The molecule has 0 radical (unpaired) electrons. The number of rotatable bonds is 10. The number of halogens is 1. The lowest BCUT2D eigenvalue weighted by Gasteiger charge is -2.23. The highest BCUT2D eigenvalue weighted by atomic mass is 19.1. The third-order valence-electron chi connectivity index (χ3n) is 4.43. The number of carboxylic acid groups (broad SMARTS) is 1. The third-order valence-corrected chi connectivity index (χ3v) is 4.43. The highest BCUT2D eigenvalue weighted by Crippen LogP contribution is 2.18. The Hall–Kier alpha value is -3.82. The lowest BCUT2D eigenvalue weighted by molar-refractivity contribution is -0.140. The van der Waals surface area contributed by atoms with Gasteiger partial charge in [-0.25, -0.2) is 4.39 Å². The van der Waals surface area contributed by atoms with Gasteiger partial charge in [-0.15, -0.1) is 0 Å². The van der Waals surface area contributed by atoms with Crippen molar-refractivity contribution in [3.05, 3.63) is 64.6 Å². The largest absolute Gasteiger partial charge is 0.481 e. The number of alkyl halides is 1. The molecule has 0 aliphatic carbocycles. The number of carbonyl (C=O) groups is 4.